The van der Waals surface area contributed by atoms with Crippen LogP contribution < -0.4 is 15.8 Å². The smallest absolute Gasteiger partial charge is 0.223 e. The van der Waals surface area contributed by atoms with E-state index in [2.05, 4.69) is 5.32 Å². The molecule has 1 aromatic carbocycles. The van der Waals surface area contributed by atoms with Gasteiger partial charge in [0.05, 0.1) is 6.10 Å². The zero-order valence-electron chi connectivity index (χ0n) is 14.2. The van der Waals surface area contributed by atoms with E-state index in [0.717, 1.165) is 43.4 Å². The van der Waals surface area contributed by atoms with Crippen molar-refractivity contribution < 1.29 is 9.53 Å². The van der Waals surface area contributed by atoms with Gasteiger partial charge in [-0.25, -0.2) is 0 Å². The molecular formula is C19H29ClN2O2. The summed E-state index contributed by atoms with van der Waals surface area (Å²) in [5, 5.41) is 3.10. The lowest BCUT2D eigenvalue weighted by Crippen LogP contribution is -2.34. The number of amides is 1. The lowest BCUT2D eigenvalue weighted by atomic mass is 9.95. The van der Waals surface area contributed by atoms with Gasteiger partial charge in [-0.2, -0.15) is 0 Å². The van der Waals surface area contributed by atoms with Crippen LogP contribution in [0.5, 0.6) is 5.75 Å². The summed E-state index contributed by atoms with van der Waals surface area (Å²) in [6, 6.07) is 8.05. The molecule has 0 aromatic heterocycles. The van der Waals surface area contributed by atoms with E-state index in [-0.39, 0.29) is 24.2 Å². The monoisotopic (exact) mass is 352 g/mol. The maximum absolute atomic E-state index is 12.4. The van der Waals surface area contributed by atoms with Crippen LogP contribution in [0.4, 0.5) is 0 Å². The quantitative estimate of drug-likeness (QED) is 0.824. The Morgan fingerprint density at radius 3 is 2.62 bits per heavy atom. The van der Waals surface area contributed by atoms with E-state index in [0.29, 0.717) is 25.1 Å². The Morgan fingerprint density at radius 2 is 1.88 bits per heavy atom. The number of nitrogens with two attached hydrogens (primary N) is 1. The summed E-state index contributed by atoms with van der Waals surface area (Å²) < 4.78 is 6.14. The van der Waals surface area contributed by atoms with Crippen molar-refractivity contribution >= 4 is 18.3 Å². The van der Waals surface area contributed by atoms with Gasteiger partial charge in [0, 0.05) is 18.0 Å². The van der Waals surface area contributed by atoms with Crippen LogP contribution in [0.1, 0.15) is 50.5 Å². The number of carbonyl (C=O) groups is 1. The first-order valence-corrected chi connectivity index (χ1v) is 9.00. The van der Waals surface area contributed by atoms with Crippen LogP contribution in [0.3, 0.4) is 0 Å². The maximum Gasteiger partial charge on any atom is 0.223 e. The summed E-state index contributed by atoms with van der Waals surface area (Å²) in [5.41, 5.74) is 6.85. The van der Waals surface area contributed by atoms with Crippen molar-refractivity contribution in [2.24, 2.45) is 17.6 Å². The molecule has 134 valence electrons. The molecule has 1 amide bonds. The third-order valence-electron chi connectivity index (χ3n) is 5.32. The predicted octanol–water partition coefficient (Wildman–Crippen LogP) is 3.42. The van der Waals surface area contributed by atoms with E-state index in [1.807, 2.05) is 24.3 Å². The second kappa shape index (κ2) is 9.28. The summed E-state index contributed by atoms with van der Waals surface area (Å²) in [7, 11) is 0. The van der Waals surface area contributed by atoms with Gasteiger partial charge in [0.25, 0.3) is 0 Å². The summed E-state index contributed by atoms with van der Waals surface area (Å²) >= 11 is 0. The Hall–Kier alpha value is -1.26. The summed E-state index contributed by atoms with van der Waals surface area (Å²) in [6.45, 7) is 1.15. The van der Waals surface area contributed by atoms with E-state index >= 15 is 0 Å². The van der Waals surface area contributed by atoms with E-state index < -0.39 is 0 Å². The van der Waals surface area contributed by atoms with Crippen LogP contribution in [0, 0.1) is 11.8 Å². The highest BCUT2D eigenvalue weighted by Crippen LogP contribution is 2.31. The van der Waals surface area contributed by atoms with Crippen LogP contribution >= 0.6 is 12.4 Å². The van der Waals surface area contributed by atoms with Crippen molar-refractivity contribution in [3.05, 3.63) is 29.8 Å². The average molecular weight is 353 g/mol. The zero-order chi connectivity index (χ0) is 16.1. The molecule has 2 atom stereocenters. The highest BCUT2D eigenvalue weighted by Gasteiger charge is 2.31. The number of hydrogen-bond acceptors (Lipinski definition) is 3. The van der Waals surface area contributed by atoms with Gasteiger partial charge in [-0.3, -0.25) is 4.79 Å². The Morgan fingerprint density at radius 1 is 1.12 bits per heavy atom. The average Bonchev–Trinajstić information content (AvgIpc) is 3.25. The van der Waals surface area contributed by atoms with Crippen LogP contribution in [-0.2, 0) is 11.3 Å². The van der Waals surface area contributed by atoms with E-state index in [1.165, 1.54) is 12.8 Å². The van der Waals surface area contributed by atoms with E-state index in [9.17, 15) is 4.79 Å². The first-order valence-electron chi connectivity index (χ1n) is 9.00. The molecule has 2 aliphatic carbocycles. The second-order valence-electron chi connectivity index (χ2n) is 6.88. The first-order chi connectivity index (χ1) is 11.3. The lowest BCUT2D eigenvalue weighted by Gasteiger charge is -2.19. The molecule has 4 nitrogen and oxygen atoms in total. The molecule has 5 heteroatoms. The van der Waals surface area contributed by atoms with Crippen molar-refractivity contribution in [2.45, 2.75) is 57.6 Å². The lowest BCUT2D eigenvalue weighted by molar-refractivity contribution is -0.126. The minimum Gasteiger partial charge on any atom is -0.490 e. The second-order valence-corrected chi connectivity index (χ2v) is 6.88. The zero-order valence-corrected chi connectivity index (χ0v) is 15.0. The van der Waals surface area contributed by atoms with Gasteiger partial charge in [-0.05, 0) is 57.1 Å². The number of halogens is 1. The number of carbonyl (C=O) groups excluding carboxylic acids is 1. The molecule has 0 spiro atoms. The van der Waals surface area contributed by atoms with E-state index in [4.69, 9.17) is 10.5 Å². The summed E-state index contributed by atoms with van der Waals surface area (Å²) in [6.07, 6.45) is 8.29. The van der Waals surface area contributed by atoms with Crippen molar-refractivity contribution in [3.63, 3.8) is 0 Å². The Balaban J connectivity index is 0.00000208. The number of nitrogens with one attached hydrogen (secondary N) is 1. The normalized spacial score (nSPS) is 23.7. The minimum atomic E-state index is 0. The molecule has 0 aliphatic heterocycles. The molecule has 0 saturated heterocycles. The third-order valence-corrected chi connectivity index (χ3v) is 5.32. The van der Waals surface area contributed by atoms with Crippen LogP contribution in [0.2, 0.25) is 0 Å². The molecule has 0 bridgehead atoms. The number of ether oxygens (including phenoxy) is 1. The van der Waals surface area contributed by atoms with Crippen molar-refractivity contribution in [3.8, 4) is 5.75 Å². The Bertz CT molecular complexity index is 532. The van der Waals surface area contributed by atoms with Crippen LogP contribution in [0.15, 0.2) is 24.3 Å². The first kappa shape index (κ1) is 19.1. The van der Waals surface area contributed by atoms with Gasteiger partial charge in [0.15, 0.2) is 0 Å². The minimum absolute atomic E-state index is 0. The molecule has 0 radical (unpaired) electrons. The fourth-order valence-corrected chi connectivity index (χ4v) is 3.93. The maximum atomic E-state index is 12.4. The molecule has 2 saturated carbocycles. The van der Waals surface area contributed by atoms with Gasteiger partial charge in [-0.1, -0.05) is 24.6 Å². The summed E-state index contributed by atoms with van der Waals surface area (Å²) in [4.78, 5) is 12.4. The number of benzene rings is 1. The largest absolute Gasteiger partial charge is 0.490 e. The molecule has 1 aromatic rings. The standard InChI is InChI=1S/C19H28N2O2.ClH/c20-12-14-7-5-10-17(14)19(22)21-13-15-6-1-4-11-18(15)23-16-8-2-3-9-16;/h1,4,6,11,14,16-17H,2-3,5,7-10,12-13,20H2,(H,21,22);1H/t14-,17-;/m1./s1. The van der Waals surface area contributed by atoms with Gasteiger partial charge in [0.1, 0.15) is 5.75 Å². The van der Waals surface area contributed by atoms with Gasteiger partial charge >= 0.3 is 0 Å². The number of hydrogen-bond donors (Lipinski definition) is 2. The highest BCUT2D eigenvalue weighted by atomic mass is 35.5. The fourth-order valence-electron chi connectivity index (χ4n) is 3.93. The van der Waals surface area contributed by atoms with Gasteiger partial charge in [0.2, 0.25) is 5.91 Å². The number of para-hydroxylation sites is 1. The topological polar surface area (TPSA) is 64.4 Å². The Kier molecular flexibility index (Phi) is 7.38. The number of rotatable bonds is 6. The van der Waals surface area contributed by atoms with Gasteiger partial charge < -0.3 is 15.8 Å². The fraction of sp³-hybridized carbons (Fsp3) is 0.632. The SMILES string of the molecule is Cl.NC[C@H]1CCC[C@H]1C(=O)NCc1ccccc1OC1CCCC1. The highest BCUT2D eigenvalue weighted by molar-refractivity contribution is 5.85. The van der Waals surface area contributed by atoms with Gasteiger partial charge in [-0.15, -0.1) is 12.4 Å². The van der Waals surface area contributed by atoms with Crippen LogP contribution in [-0.4, -0.2) is 18.6 Å². The van der Waals surface area contributed by atoms with Crippen LogP contribution in [0.25, 0.3) is 0 Å². The summed E-state index contributed by atoms with van der Waals surface area (Å²) in [5.74, 6) is 1.50. The van der Waals surface area contributed by atoms with Crippen molar-refractivity contribution in [1.82, 2.24) is 5.32 Å². The van der Waals surface area contributed by atoms with Crippen molar-refractivity contribution in [1.29, 1.82) is 0 Å². The molecule has 2 aliphatic rings. The third kappa shape index (κ3) is 4.64. The molecule has 2 fully saturated rings. The van der Waals surface area contributed by atoms with E-state index in [1.54, 1.807) is 0 Å². The Labute approximate surface area is 150 Å². The molecule has 0 unspecified atom stereocenters. The van der Waals surface area contributed by atoms with Crippen molar-refractivity contribution in [2.75, 3.05) is 6.54 Å². The molecule has 3 N–H and O–H groups in total. The molecule has 24 heavy (non-hydrogen) atoms. The molecular weight excluding hydrogens is 324 g/mol. The predicted molar refractivity (Wildman–Crippen MR) is 98.3 cm³/mol. The molecule has 0 heterocycles. The molecule has 3 rings (SSSR count).